The van der Waals surface area contributed by atoms with Gasteiger partial charge in [0.2, 0.25) is 0 Å². The summed E-state index contributed by atoms with van der Waals surface area (Å²) in [7, 11) is 1.77. The fraction of sp³-hybridized carbons (Fsp3) is 0.615. The predicted octanol–water partition coefficient (Wildman–Crippen LogP) is 1.84. The molecule has 3 N–H and O–H groups in total. The summed E-state index contributed by atoms with van der Waals surface area (Å²) in [5.74, 6) is 6.09. The summed E-state index contributed by atoms with van der Waals surface area (Å²) < 4.78 is 11.3. The van der Waals surface area contributed by atoms with Crippen molar-refractivity contribution in [3.63, 3.8) is 0 Å². The van der Waals surface area contributed by atoms with E-state index >= 15 is 0 Å². The van der Waals surface area contributed by atoms with Gasteiger partial charge < -0.3 is 14.9 Å². The molecular formula is C13H21N3O2. The van der Waals surface area contributed by atoms with Crippen molar-refractivity contribution in [1.29, 1.82) is 0 Å². The van der Waals surface area contributed by atoms with E-state index in [1.54, 1.807) is 13.3 Å². The molecule has 0 aromatic carbocycles. The predicted molar refractivity (Wildman–Crippen MR) is 69.9 cm³/mol. The first-order valence-corrected chi connectivity index (χ1v) is 6.38. The highest BCUT2D eigenvalue weighted by molar-refractivity contribution is 5.41. The summed E-state index contributed by atoms with van der Waals surface area (Å²) in [6, 6.07) is 3.86. The molecule has 2 unspecified atom stereocenters. The van der Waals surface area contributed by atoms with E-state index < -0.39 is 0 Å². The summed E-state index contributed by atoms with van der Waals surface area (Å²) in [4.78, 5) is 4.15. The van der Waals surface area contributed by atoms with Crippen LogP contribution in [0.1, 0.15) is 31.2 Å². The number of nitrogens with zero attached hydrogens (tertiary/aromatic N) is 1. The molecule has 18 heavy (non-hydrogen) atoms. The maximum Gasteiger partial charge on any atom is 0.145 e. The van der Waals surface area contributed by atoms with Gasteiger partial charge in [0.1, 0.15) is 5.82 Å². The Kier molecular flexibility index (Phi) is 4.92. The van der Waals surface area contributed by atoms with Gasteiger partial charge in [-0.15, -0.1) is 0 Å². The molecule has 1 saturated carbocycles. The minimum Gasteiger partial charge on any atom is -0.381 e. The molecule has 1 fully saturated rings. The maximum atomic E-state index is 5.93. The van der Waals surface area contributed by atoms with Crippen LogP contribution in [-0.2, 0) is 16.1 Å². The summed E-state index contributed by atoms with van der Waals surface area (Å²) in [6.45, 7) is 0.536. The minimum atomic E-state index is 0.273. The zero-order valence-corrected chi connectivity index (χ0v) is 10.8. The van der Waals surface area contributed by atoms with E-state index in [2.05, 4.69) is 10.4 Å². The van der Waals surface area contributed by atoms with Gasteiger partial charge in [0.25, 0.3) is 0 Å². The monoisotopic (exact) mass is 251 g/mol. The van der Waals surface area contributed by atoms with Crippen LogP contribution in [0.15, 0.2) is 18.3 Å². The largest absolute Gasteiger partial charge is 0.381 e. The molecule has 1 heterocycles. The van der Waals surface area contributed by atoms with Crippen LogP contribution in [0.25, 0.3) is 0 Å². The summed E-state index contributed by atoms with van der Waals surface area (Å²) in [5.41, 5.74) is 3.57. The first-order chi connectivity index (χ1) is 8.83. The number of methoxy groups -OCH3 is 1. The van der Waals surface area contributed by atoms with E-state index in [-0.39, 0.29) is 6.10 Å². The quantitative estimate of drug-likeness (QED) is 0.617. The van der Waals surface area contributed by atoms with Crippen molar-refractivity contribution in [3.8, 4) is 0 Å². The number of anilines is 1. The SMILES string of the molecule is COC1CCCC(OCc2cccnc2NN)C1. The van der Waals surface area contributed by atoms with Gasteiger partial charge in [0.15, 0.2) is 0 Å². The second-order valence-electron chi connectivity index (χ2n) is 4.61. The van der Waals surface area contributed by atoms with Crippen molar-refractivity contribution in [2.75, 3.05) is 12.5 Å². The number of ether oxygens (including phenoxy) is 2. The molecular weight excluding hydrogens is 230 g/mol. The second kappa shape index (κ2) is 6.68. The van der Waals surface area contributed by atoms with Crippen LogP contribution in [0, 0.1) is 0 Å². The molecule has 1 aliphatic carbocycles. The number of nitrogens with one attached hydrogen (secondary N) is 1. The standard InChI is InChI=1S/C13H21N3O2/c1-17-11-5-2-6-12(8-11)18-9-10-4-3-7-15-13(10)16-14/h3-4,7,11-12H,2,5-6,8-9,14H2,1H3,(H,15,16). The lowest BCUT2D eigenvalue weighted by molar-refractivity contribution is -0.0362. The number of hydrogen-bond acceptors (Lipinski definition) is 5. The lowest BCUT2D eigenvalue weighted by Gasteiger charge is -2.28. The Morgan fingerprint density at radius 3 is 3.06 bits per heavy atom. The number of pyridine rings is 1. The molecule has 100 valence electrons. The average Bonchev–Trinajstić information content (AvgIpc) is 2.45. The summed E-state index contributed by atoms with van der Waals surface area (Å²) in [6.07, 6.45) is 6.70. The van der Waals surface area contributed by atoms with Gasteiger partial charge in [-0.25, -0.2) is 10.8 Å². The number of rotatable bonds is 5. The van der Waals surface area contributed by atoms with Crippen LogP contribution in [0.4, 0.5) is 5.82 Å². The number of hydrogen-bond donors (Lipinski definition) is 2. The Morgan fingerprint density at radius 1 is 1.44 bits per heavy atom. The van der Waals surface area contributed by atoms with Gasteiger partial charge in [-0.3, -0.25) is 0 Å². The molecule has 1 aliphatic rings. The maximum absolute atomic E-state index is 5.93. The van der Waals surface area contributed by atoms with Crippen LogP contribution < -0.4 is 11.3 Å². The molecule has 5 nitrogen and oxygen atoms in total. The highest BCUT2D eigenvalue weighted by Gasteiger charge is 2.22. The van der Waals surface area contributed by atoms with Gasteiger partial charge in [-0.1, -0.05) is 6.07 Å². The lowest BCUT2D eigenvalue weighted by Crippen LogP contribution is -2.27. The molecule has 1 aromatic rings. The molecule has 1 aromatic heterocycles. The van der Waals surface area contributed by atoms with Crippen LogP contribution >= 0.6 is 0 Å². The molecule has 0 saturated heterocycles. The molecule has 5 heteroatoms. The van der Waals surface area contributed by atoms with Crippen molar-refractivity contribution in [1.82, 2.24) is 4.98 Å². The third-order valence-corrected chi connectivity index (χ3v) is 3.41. The molecule has 0 radical (unpaired) electrons. The van der Waals surface area contributed by atoms with Crippen LogP contribution in [0.3, 0.4) is 0 Å². The fourth-order valence-electron chi connectivity index (χ4n) is 2.36. The van der Waals surface area contributed by atoms with E-state index in [1.807, 2.05) is 12.1 Å². The van der Waals surface area contributed by atoms with Gasteiger partial charge >= 0.3 is 0 Å². The van der Waals surface area contributed by atoms with Crippen molar-refractivity contribution in [2.24, 2.45) is 5.84 Å². The Labute approximate surface area is 108 Å². The molecule has 0 amide bonds. The Bertz CT molecular complexity index is 373. The average molecular weight is 251 g/mol. The van der Waals surface area contributed by atoms with E-state index in [0.717, 1.165) is 31.2 Å². The number of nitrogen functional groups attached to an aromatic ring is 1. The van der Waals surface area contributed by atoms with E-state index in [9.17, 15) is 0 Å². The zero-order chi connectivity index (χ0) is 12.8. The van der Waals surface area contributed by atoms with E-state index in [0.29, 0.717) is 18.5 Å². The highest BCUT2D eigenvalue weighted by Crippen LogP contribution is 2.24. The number of hydrazine groups is 1. The molecule has 2 atom stereocenters. The van der Waals surface area contributed by atoms with Gasteiger partial charge in [0.05, 0.1) is 18.8 Å². The van der Waals surface area contributed by atoms with Gasteiger partial charge in [0, 0.05) is 18.9 Å². The summed E-state index contributed by atoms with van der Waals surface area (Å²) >= 11 is 0. The Hall–Kier alpha value is -1.17. The van der Waals surface area contributed by atoms with E-state index in [4.69, 9.17) is 15.3 Å². The number of aromatic nitrogens is 1. The van der Waals surface area contributed by atoms with Crippen molar-refractivity contribution in [3.05, 3.63) is 23.9 Å². The van der Waals surface area contributed by atoms with Gasteiger partial charge in [-0.05, 0) is 31.7 Å². The molecule has 2 rings (SSSR count). The zero-order valence-electron chi connectivity index (χ0n) is 10.8. The Morgan fingerprint density at radius 2 is 2.28 bits per heavy atom. The van der Waals surface area contributed by atoms with E-state index in [1.165, 1.54) is 0 Å². The smallest absolute Gasteiger partial charge is 0.145 e. The van der Waals surface area contributed by atoms with Crippen molar-refractivity contribution < 1.29 is 9.47 Å². The van der Waals surface area contributed by atoms with Gasteiger partial charge in [-0.2, -0.15) is 0 Å². The third-order valence-electron chi connectivity index (χ3n) is 3.41. The lowest BCUT2D eigenvalue weighted by atomic mass is 9.95. The highest BCUT2D eigenvalue weighted by atomic mass is 16.5. The second-order valence-corrected chi connectivity index (χ2v) is 4.61. The minimum absolute atomic E-state index is 0.273. The number of nitrogens with two attached hydrogens (primary N) is 1. The van der Waals surface area contributed by atoms with Crippen LogP contribution in [0.2, 0.25) is 0 Å². The third kappa shape index (κ3) is 3.41. The van der Waals surface area contributed by atoms with Crippen molar-refractivity contribution in [2.45, 2.75) is 44.5 Å². The van der Waals surface area contributed by atoms with Crippen molar-refractivity contribution >= 4 is 5.82 Å². The topological polar surface area (TPSA) is 69.4 Å². The van der Waals surface area contributed by atoms with Crippen LogP contribution in [0.5, 0.6) is 0 Å². The molecule has 0 aliphatic heterocycles. The first kappa shape index (κ1) is 13.3. The summed E-state index contributed by atoms with van der Waals surface area (Å²) in [5, 5.41) is 0. The Balaban J connectivity index is 1.87. The van der Waals surface area contributed by atoms with Crippen LogP contribution in [-0.4, -0.2) is 24.3 Å². The first-order valence-electron chi connectivity index (χ1n) is 6.38. The normalized spacial score (nSPS) is 23.9. The molecule has 0 bridgehead atoms. The fourth-order valence-corrected chi connectivity index (χ4v) is 2.36. The molecule has 0 spiro atoms.